The predicted molar refractivity (Wildman–Crippen MR) is 99.2 cm³/mol. The average molecular weight is 359 g/mol. The Morgan fingerprint density at radius 3 is 2.81 bits per heavy atom. The van der Waals surface area contributed by atoms with Gasteiger partial charge in [0.15, 0.2) is 6.54 Å². The van der Waals surface area contributed by atoms with Crippen molar-refractivity contribution >= 4 is 22.9 Å². The second-order valence-corrected chi connectivity index (χ2v) is 6.57. The van der Waals surface area contributed by atoms with Gasteiger partial charge in [0.1, 0.15) is 0 Å². The number of aromatic amines is 1. The summed E-state index contributed by atoms with van der Waals surface area (Å²) in [6.07, 6.45) is 2.56. The van der Waals surface area contributed by atoms with Gasteiger partial charge in [-0.2, -0.15) is 0 Å². The van der Waals surface area contributed by atoms with Crippen LogP contribution in [0.4, 0.5) is 4.79 Å². The molecule has 0 atom stereocenters. The van der Waals surface area contributed by atoms with Crippen LogP contribution in [0.1, 0.15) is 12.5 Å². The number of quaternary nitrogens is 1. The molecule has 3 rings (SSSR count). The highest BCUT2D eigenvalue weighted by Gasteiger charge is 2.25. The Bertz CT molecular complexity index is 750. The normalized spacial score (nSPS) is 15.2. The first-order valence-electron chi connectivity index (χ1n) is 9.24. The molecule has 7 heteroatoms. The minimum absolute atomic E-state index is 0.0597. The predicted octanol–water partition coefficient (Wildman–Crippen LogP) is 0.184. The van der Waals surface area contributed by atoms with Gasteiger partial charge in [0, 0.05) is 23.6 Å². The zero-order valence-corrected chi connectivity index (χ0v) is 15.2. The molecule has 1 aliphatic heterocycles. The molecule has 1 aromatic carbocycles. The van der Waals surface area contributed by atoms with Crippen LogP contribution in [0.3, 0.4) is 0 Å². The maximum atomic E-state index is 12.2. The maximum absolute atomic E-state index is 12.2. The van der Waals surface area contributed by atoms with Gasteiger partial charge in [-0.05, 0) is 25.0 Å². The van der Waals surface area contributed by atoms with Gasteiger partial charge in [0.05, 0.1) is 32.8 Å². The molecule has 2 aromatic rings. The first-order chi connectivity index (χ1) is 12.7. The van der Waals surface area contributed by atoms with Crippen molar-refractivity contribution in [3.05, 3.63) is 36.0 Å². The summed E-state index contributed by atoms with van der Waals surface area (Å²) >= 11 is 0. The van der Waals surface area contributed by atoms with Crippen molar-refractivity contribution in [1.82, 2.24) is 15.2 Å². The molecule has 0 unspecified atom stereocenters. The van der Waals surface area contributed by atoms with Gasteiger partial charge in [-0.1, -0.05) is 18.2 Å². The van der Waals surface area contributed by atoms with Gasteiger partial charge in [0.2, 0.25) is 0 Å². The summed E-state index contributed by atoms with van der Waals surface area (Å²) in [4.78, 5) is 30.0. The molecule has 0 spiro atoms. The van der Waals surface area contributed by atoms with E-state index in [4.69, 9.17) is 4.74 Å². The molecule has 0 bridgehead atoms. The van der Waals surface area contributed by atoms with E-state index in [1.807, 2.05) is 18.3 Å². The number of carbonyl (C=O) groups excluding carboxylic acids is 2. The SMILES string of the molecule is CCOC(=O)N1CC[NH+](CC(=O)NCCc2c[nH]c3ccccc23)CC1. The Hall–Kier alpha value is -2.54. The lowest BCUT2D eigenvalue weighted by Gasteiger charge is -2.31. The fourth-order valence-corrected chi connectivity index (χ4v) is 3.36. The van der Waals surface area contributed by atoms with E-state index < -0.39 is 0 Å². The minimum atomic E-state index is -0.255. The molecule has 140 valence electrons. The van der Waals surface area contributed by atoms with Crippen molar-refractivity contribution in [3.63, 3.8) is 0 Å². The molecule has 0 saturated carbocycles. The summed E-state index contributed by atoms with van der Waals surface area (Å²) in [5.74, 6) is 0.0597. The van der Waals surface area contributed by atoms with Crippen LogP contribution in [-0.2, 0) is 16.0 Å². The summed E-state index contributed by atoms with van der Waals surface area (Å²) in [5, 5.41) is 4.22. The number of hydrogen-bond acceptors (Lipinski definition) is 3. The van der Waals surface area contributed by atoms with E-state index in [0.717, 1.165) is 25.0 Å². The van der Waals surface area contributed by atoms with Crippen LogP contribution < -0.4 is 10.2 Å². The Labute approximate surface area is 153 Å². The highest BCUT2D eigenvalue weighted by atomic mass is 16.6. The van der Waals surface area contributed by atoms with Gasteiger partial charge < -0.3 is 19.9 Å². The minimum Gasteiger partial charge on any atom is -0.450 e. The molecule has 1 saturated heterocycles. The lowest BCUT2D eigenvalue weighted by atomic mass is 10.1. The van der Waals surface area contributed by atoms with E-state index in [-0.39, 0.29) is 12.0 Å². The molecular formula is C19H27N4O3+. The number of aromatic nitrogens is 1. The summed E-state index contributed by atoms with van der Waals surface area (Å²) < 4.78 is 5.01. The highest BCUT2D eigenvalue weighted by Crippen LogP contribution is 2.17. The molecular weight excluding hydrogens is 332 g/mol. The number of amides is 2. The van der Waals surface area contributed by atoms with E-state index in [1.165, 1.54) is 15.8 Å². The van der Waals surface area contributed by atoms with Crippen molar-refractivity contribution in [2.24, 2.45) is 0 Å². The molecule has 2 amide bonds. The van der Waals surface area contributed by atoms with E-state index in [2.05, 4.69) is 22.4 Å². The number of carbonyl (C=O) groups is 2. The van der Waals surface area contributed by atoms with Gasteiger partial charge in [-0.3, -0.25) is 9.69 Å². The Balaban J connectivity index is 1.38. The standard InChI is InChI=1S/C19H26N4O3/c1-2-26-19(25)23-11-9-22(10-12-23)14-18(24)20-8-7-15-13-21-17-6-4-3-5-16(15)17/h3-6,13,21H,2,7-12,14H2,1H3,(H,20,24)/p+1. The summed E-state index contributed by atoms with van der Waals surface area (Å²) in [7, 11) is 0. The van der Waals surface area contributed by atoms with Gasteiger partial charge >= 0.3 is 6.09 Å². The monoisotopic (exact) mass is 359 g/mol. The number of rotatable bonds is 6. The van der Waals surface area contributed by atoms with Crippen molar-refractivity contribution < 1.29 is 19.2 Å². The number of ether oxygens (including phenoxy) is 1. The van der Waals surface area contributed by atoms with Crippen LogP contribution in [0.25, 0.3) is 10.9 Å². The molecule has 1 fully saturated rings. The number of hydrogen-bond donors (Lipinski definition) is 3. The van der Waals surface area contributed by atoms with E-state index in [1.54, 1.807) is 11.8 Å². The van der Waals surface area contributed by atoms with Gasteiger partial charge in [-0.15, -0.1) is 0 Å². The highest BCUT2D eigenvalue weighted by molar-refractivity contribution is 5.83. The first kappa shape index (κ1) is 18.3. The number of H-pyrrole nitrogens is 1. The summed E-state index contributed by atoms with van der Waals surface area (Å²) in [6, 6.07) is 8.18. The lowest BCUT2D eigenvalue weighted by molar-refractivity contribution is -0.896. The zero-order chi connectivity index (χ0) is 18.4. The summed E-state index contributed by atoms with van der Waals surface area (Å²) in [5.41, 5.74) is 2.34. The number of benzene rings is 1. The largest absolute Gasteiger partial charge is 0.450 e. The van der Waals surface area contributed by atoms with E-state index in [9.17, 15) is 9.59 Å². The second-order valence-electron chi connectivity index (χ2n) is 6.57. The van der Waals surface area contributed by atoms with Crippen LogP contribution in [0.2, 0.25) is 0 Å². The molecule has 1 aliphatic rings. The molecule has 7 nitrogen and oxygen atoms in total. The number of piperazine rings is 1. The zero-order valence-electron chi connectivity index (χ0n) is 15.2. The molecule has 0 aliphatic carbocycles. The van der Waals surface area contributed by atoms with Crippen molar-refractivity contribution in [1.29, 1.82) is 0 Å². The van der Waals surface area contributed by atoms with Crippen molar-refractivity contribution in [3.8, 4) is 0 Å². The smallest absolute Gasteiger partial charge is 0.410 e. The van der Waals surface area contributed by atoms with Crippen LogP contribution in [-0.4, -0.2) is 67.8 Å². The van der Waals surface area contributed by atoms with Crippen LogP contribution in [0, 0.1) is 0 Å². The topological polar surface area (TPSA) is 78.9 Å². The van der Waals surface area contributed by atoms with Gasteiger partial charge in [-0.25, -0.2) is 4.79 Å². The molecule has 1 aromatic heterocycles. The quantitative estimate of drug-likeness (QED) is 0.689. The Morgan fingerprint density at radius 2 is 2.04 bits per heavy atom. The second kappa shape index (κ2) is 8.71. The fourth-order valence-electron chi connectivity index (χ4n) is 3.36. The Kier molecular flexibility index (Phi) is 6.12. The van der Waals surface area contributed by atoms with Crippen LogP contribution in [0.15, 0.2) is 30.5 Å². The van der Waals surface area contributed by atoms with E-state index in [0.29, 0.717) is 32.8 Å². The molecule has 3 N–H and O–H groups in total. The van der Waals surface area contributed by atoms with E-state index >= 15 is 0 Å². The molecule has 0 radical (unpaired) electrons. The van der Waals surface area contributed by atoms with Gasteiger partial charge in [0.25, 0.3) is 5.91 Å². The third kappa shape index (κ3) is 4.54. The van der Waals surface area contributed by atoms with Crippen molar-refractivity contribution in [2.75, 3.05) is 45.9 Å². The number of fused-ring (bicyclic) bond motifs is 1. The molecule has 2 heterocycles. The number of nitrogens with one attached hydrogen (secondary N) is 3. The first-order valence-corrected chi connectivity index (χ1v) is 9.24. The van der Waals surface area contributed by atoms with Crippen LogP contribution in [0.5, 0.6) is 0 Å². The Morgan fingerprint density at radius 1 is 1.27 bits per heavy atom. The third-order valence-electron chi connectivity index (χ3n) is 4.80. The van der Waals surface area contributed by atoms with Crippen LogP contribution >= 0.6 is 0 Å². The average Bonchev–Trinajstić information content (AvgIpc) is 3.06. The number of para-hydroxylation sites is 1. The third-order valence-corrected chi connectivity index (χ3v) is 4.80. The maximum Gasteiger partial charge on any atom is 0.410 e. The molecule has 26 heavy (non-hydrogen) atoms. The number of nitrogens with zero attached hydrogens (tertiary/aromatic N) is 1. The summed E-state index contributed by atoms with van der Waals surface area (Å²) in [6.45, 7) is 6.09. The lowest BCUT2D eigenvalue weighted by Crippen LogP contribution is -3.15. The fraction of sp³-hybridized carbons (Fsp3) is 0.474. The van der Waals surface area contributed by atoms with Crippen molar-refractivity contribution in [2.45, 2.75) is 13.3 Å².